The first-order chi connectivity index (χ1) is 9.77. The molecule has 114 valence electrons. The van der Waals surface area contributed by atoms with Crippen molar-refractivity contribution in [1.82, 2.24) is 0 Å². The van der Waals surface area contributed by atoms with Gasteiger partial charge in [0.15, 0.2) is 0 Å². The average Bonchev–Trinajstić information content (AvgIpc) is 2.45. The van der Waals surface area contributed by atoms with Crippen LogP contribution in [-0.2, 0) is 11.3 Å². The molecule has 0 saturated carbocycles. The second kappa shape index (κ2) is 10.6. The predicted molar refractivity (Wildman–Crippen MR) is 85.1 cm³/mol. The van der Waals surface area contributed by atoms with E-state index in [1.807, 2.05) is 25.1 Å². The molecule has 1 aromatic rings. The molecule has 2 N–H and O–H groups in total. The van der Waals surface area contributed by atoms with Gasteiger partial charge in [-0.1, -0.05) is 39.0 Å². The molecule has 0 aliphatic rings. The SMILES string of the molecule is CCCCCCCCOc1ccc(N)cc1COCC. The third-order valence-corrected chi connectivity index (χ3v) is 3.30. The first-order valence-corrected chi connectivity index (χ1v) is 7.86. The van der Waals surface area contributed by atoms with Crippen LogP contribution in [0.2, 0.25) is 0 Å². The van der Waals surface area contributed by atoms with E-state index in [2.05, 4.69) is 6.92 Å². The second-order valence-electron chi connectivity index (χ2n) is 5.12. The van der Waals surface area contributed by atoms with Crippen LogP contribution >= 0.6 is 0 Å². The van der Waals surface area contributed by atoms with Crippen LogP contribution < -0.4 is 10.5 Å². The lowest BCUT2D eigenvalue weighted by Crippen LogP contribution is -2.03. The number of anilines is 1. The summed E-state index contributed by atoms with van der Waals surface area (Å²) in [6.07, 6.45) is 7.65. The van der Waals surface area contributed by atoms with E-state index in [0.717, 1.165) is 30.0 Å². The maximum absolute atomic E-state index is 5.86. The lowest BCUT2D eigenvalue weighted by atomic mass is 10.1. The maximum Gasteiger partial charge on any atom is 0.124 e. The van der Waals surface area contributed by atoms with Gasteiger partial charge >= 0.3 is 0 Å². The van der Waals surface area contributed by atoms with Crippen molar-refractivity contribution in [2.75, 3.05) is 18.9 Å². The van der Waals surface area contributed by atoms with Crippen LogP contribution in [0.1, 0.15) is 57.9 Å². The Kier molecular flexibility index (Phi) is 8.88. The summed E-state index contributed by atoms with van der Waals surface area (Å²) in [5, 5.41) is 0. The molecule has 1 aromatic carbocycles. The Morgan fingerprint density at radius 3 is 2.50 bits per heavy atom. The average molecular weight is 279 g/mol. The number of ether oxygens (including phenoxy) is 2. The summed E-state index contributed by atoms with van der Waals surface area (Å²) >= 11 is 0. The van der Waals surface area contributed by atoms with Crippen molar-refractivity contribution in [3.8, 4) is 5.75 Å². The highest BCUT2D eigenvalue weighted by molar-refractivity contribution is 5.47. The van der Waals surface area contributed by atoms with Gasteiger partial charge in [0, 0.05) is 17.9 Å². The van der Waals surface area contributed by atoms with Crippen molar-refractivity contribution in [2.45, 2.75) is 59.0 Å². The number of hydrogen-bond donors (Lipinski definition) is 1. The number of nitrogen functional groups attached to an aromatic ring is 1. The van der Waals surface area contributed by atoms with Crippen LogP contribution in [0.3, 0.4) is 0 Å². The summed E-state index contributed by atoms with van der Waals surface area (Å²) in [7, 11) is 0. The molecule has 0 aliphatic carbocycles. The van der Waals surface area contributed by atoms with Gasteiger partial charge in [0.1, 0.15) is 5.75 Å². The third-order valence-electron chi connectivity index (χ3n) is 3.30. The molecule has 20 heavy (non-hydrogen) atoms. The van der Waals surface area contributed by atoms with Gasteiger partial charge < -0.3 is 15.2 Å². The van der Waals surface area contributed by atoms with Gasteiger partial charge in [0.05, 0.1) is 13.2 Å². The van der Waals surface area contributed by atoms with Crippen molar-refractivity contribution in [1.29, 1.82) is 0 Å². The second-order valence-corrected chi connectivity index (χ2v) is 5.12. The maximum atomic E-state index is 5.86. The fraction of sp³-hybridized carbons (Fsp3) is 0.647. The molecule has 0 fully saturated rings. The minimum Gasteiger partial charge on any atom is -0.493 e. The third kappa shape index (κ3) is 6.80. The minimum absolute atomic E-state index is 0.563. The van der Waals surface area contributed by atoms with Gasteiger partial charge in [-0.05, 0) is 31.5 Å². The van der Waals surface area contributed by atoms with Crippen LogP contribution in [-0.4, -0.2) is 13.2 Å². The monoisotopic (exact) mass is 279 g/mol. The van der Waals surface area contributed by atoms with Gasteiger partial charge in [-0.3, -0.25) is 0 Å². The molecule has 0 unspecified atom stereocenters. The molecule has 0 bridgehead atoms. The van der Waals surface area contributed by atoms with Crippen molar-refractivity contribution >= 4 is 5.69 Å². The molecule has 0 aliphatic heterocycles. The van der Waals surface area contributed by atoms with Gasteiger partial charge in [-0.2, -0.15) is 0 Å². The molecule has 0 saturated heterocycles. The Morgan fingerprint density at radius 1 is 1.00 bits per heavy atom. The molecular weight excluding hydrogens is 250 g/mol. The number of unbranched alkanes of at least 4 members (excludes halogenated alkanes) is 5. The topological polar surface area (TPSA) is 44.5 Å². The number of hydrogen-bond acceptors (Lipinski definition) is 3. The fourth-order valence-electron chi connectivity index (χ4n) is 2.13. The highest BCUT2D eigenvalue weighted by Crippen LogP contribution is 2.22. The lowest BCUT2D eigenvalue weighted by Gasteiger charge is -2.12. The van der Waals surface area contributed by atoms with Gasteiger partial charge in [0.25, 0.3) is 0 Å². The normalized spacial score (nSPS) is 10.7. The highest BCUT2D eigenvalue weighted by atomic mass is 16.5. The quantitative estimate of drug-likeness (QED) is 0.477. The van der Waals surface area contributed by atoms with Crippen LogP contribution in [0.25, 0.3) is 0 Å². The zero-order chi connectivity index (χ0) is 14.6. The molecule has 1 rings (SSSR count). The Hall–Kier alpha value is -1.22. The van der Waals surface area contributed by atoms with Crippen LogP contribution in [0.4, 0.5) is 5.69 Å². The van der Waals surface area contributed by atoms with Crippen LogP contribution in [0.15, 0.2) is 18.2 Å². The first-order valence-electron chi connectivity index (χ1n) is 7.86. The van der Waals surface area contributed by atoms with E-state index in [-0.39, 0.29) is 0 Å². The molecule has 3 heteroatoms. The summed E-state index contributed by atoms with van der Waals surface area (Å²) in [4.78, 5) is 0. The Morgan fingerprint density at radius 2 is 1.75 bits per heavy atom. The Bertz CT molecular complexity index is 366. The van der Waals surface area contributed by atoms with E-state index in [4.69, 9.17) is 15.2 Å². The van der Waals surface area contributed by atoms with Gasteiger partial charge in [-0.15, -0.1) is 0 Å². The zero-order valence-electron chi connectivity index (χ0n) is 13.0. The first kappa shape index (κ1) is 16.8. The van der Waals surface area contributed by atoms with E-state index < -0.39 is 0 Å². The van der Waals surface area contributed by atoms with E-state index >= 15 is 0 Å². The summed E-state index contributed by atoms with van der Waals surface area (Å²) in [6.45, 7) is 6.27. The standard InChI is InChI=1S/C17H29NO2/c1-3-5-6-7-8-9-12-20-17-11-10-16(18)13-15(17)14-19-4-2/h10-11,13H,3-9,12,14,18H2,1-2H3. The van der Waals surface area contributed by atoms with E-state index in [1.165, 1.54) is 32.1 Å². The minimum atomic E-state index is 0.563. The zero-order valence-corrected chi connectivity index (χ0v) is 13.0. The summed E-state index contributed by atoms with van der Waals surface area (Å²) in [5.41, 5.74) is 7.61. The Labute approximate surface area is 123 Å². The van der Waals surface area contributed by atoms with Crippen molar-refractivity contribution < 1.29 is 9.47 Å². The molecule has 0 radical (unpaired) electrons. The largest absolute Gasteiger partial charge is 0.493 e. The molecule has 0 atom stereocenters. The smallest absolute Gasteiger partial charge is 0.124 e. The number of benzene rings is 1. The fourth-order valence-corrected chi connectivity index (χ4v) is 2.13. The number of rotatable bonds is 11. The molecular formula is C17H29NO2. The van der Waals surface area contributed by atoms with E-state index in [1.54, 1.807) is 0 Å². The molecule has 0 heterocycles. The van der Waals surface area contributed by atoms with E-state index in [0.29, 0.717) is 13.2 Å². The summed E-state index contributed by atoms with van der Waals surface area (Å²) < 4.78 is 11.3. The van der Waals surface area contributed by atoms with Crippen molar-refractivity contribution in [2.24, 2.45) is 0 Å². The lowest BCUT2D eigenvalue weighted by molar-refractivity contribution is 0.131. The van der Waals surface area contributed by atoms with Gasteiger partial charge in [-0.25, -0.2) is 0 Å². The van der Waals surface area contributed by atoms with E-state index in [9.17, 15) is 0 Å². The molecule has 0 spiro atoms. The van der Waals surface area contributed by atoms with Crippen molar-refractivity contribution in [3.63, 3.8) is 0 Å². The molecule has 0 amide bonds. The highest BCUT2D eigenvalue weighted by Gasteiger charge is 2.04. The molecule has 0 aromatic heterocycles. The summed E-state index contributed by atoms with van der Waals surface area (Å²) in [6, 6.07) is 5.76. The van der Waals surface area contributed by atoms with Crippen molar-refractivity contribution in [3.05, 3.63) is 23.8 Å². The van der Waals surface area contributed by atoms with Gasteiger partial charge in [0.2, 0.25) is 0 Å². The predicted octanol–water partition coefficient (Wildman–Crippen LogP) is 4.54. The van der Waals surface area contributed by atoms with Crippen LogP contribution in [0, 0.1) is 0 Å². The molecule has 3 nitrogen and oxygen atoms in total. The summed E-state index contributed by atoms with van der Waals surface area (Å²) in [5.74, 6) is 0.904. The Balaban J connectivity index is 2.31. The van der Waals surface area contributed by atoms with Crippen LogP contribution in [0.5, 0.6) is 5.75 Å². The number of nitrogens with two attached hydrogens (primary N) is 1.